The van der Waals surface area contributed by atoms with Crippen LogP contribution in [0.2, 0.25) is 0 Å². The highest BCUT2D eigenvalue weighted by molar-refractivity contribution is 9.10. The zero-order valence-corrected chi connectivity index (χ0v) is 13.5. The fourth-order valence-electron chi connectivity index (χ4n) is 2.17. The number of halogens is 2. The monoisotopic (exact) mass is 374 g/mol. The van der Waals surface area contributed by atoms with Gasteiger partial charge in [0.05, 0.1) is 0 Å². The summed E-state index contributed by atoms with van der Waals surface area (Å²) in [6, 6.07) is 14.3. The fourth-order valence-corrected chi connectivity index (χ4v) is 3.50. The molecule has 0 saturated heterocycles. The lowest BCUT2D eigenvalue weighted by atomic mass is 10.2. The molecule has 0 atom stereocenters. The minimum atomic E-state index is -0.296. The second-order valence-electron chi connectivity index (χ2n) is 4.58. The second kappa shape index (κ2) is 5.26. The van der Waals surface area contributed by atoms with Gasteiger partial charge in [-0.15, -0.1) is 10.2 Å². The summed E-state index contributed by atoms with van der Waals surface area (Å²) in [6.07, 6.45) is 0. The van der Waals surface area contributed by atoms with Crippen molar-refractivity contribution in [1.29, 1.82) is 0 Å². The van der Waals surface area contributed by atoms with Gasteiger partial charge in [0, 0.05) is 15.6 Å². The van der Waals surface area contributed by atoms with E-state index in [4.69, 9.17) is 0 Å². The van der Waals surface area contributed by atoms with Crippen LogP contribution in [-0.2, 0) is 0 Å². The number of fused-ring (bicyclic) bond motifs is 1. The van der Waals surface area contributed by atoms with Gasteiger partial charge >= 0.3 is 0 Å². The summed E-state index contributed by atoms with van der Waals surface area (Å²) in [6.45, 7) is 0. The third-order valence-electron chi connectivity index (χ3n) is 3.21. The van der Waals surface area contributed by atoms with Gasteiger partial charge in [-0.2, -0.15) is 9.61 Å². The van der Waals surface area contributed by atoms with E-state index in [2.05, 4.69) is 31.2 Å². The molecule has 0 amide bonds. The lowest BCUT2D eigenvalue weighted by Gasteiger charge is -2.00. The summed E-state index contributed by atoms with van der Waals surface area (Å²) in [5, 5.41) is 13.4. The van der Waals surface area contributed by atoms with Gasteiger partial charge in [0.15, 0.2) is 10.8 Å². The predicted molar refractivity (Wildman–Crippen MR) is 87.2 cm³/mol. The second-order valence-corrected chi connectivity index (χ2v) is 6.40. The first-order valence-corrected chi connectivity index (χ1v) is 8.07. The number of benzene rings is 2. The fraction of sp³-hybridized carbons (Fsp3) is 0. The Balaban J connectivity index is 1.91. The molecule has 22 heavy (non-hydrogen) atoms. The van der Waals surface area contributed by atoms with Crippen molar-refractivity contribution in [3.8, 4) is 22.0 Å². The van der Waals surface area contributed by atoms with E-state index in [1.807, 2.05) is 24.3 Å². The van der Waals surface area contributed by atoms with Crippen molar-refractivity contribution in [2.75, 3.05) is 0 Å². The Hall–Kier alpha value is -2.12. The Morgan fingerprint density at radius 1 is 0.955 bits per heavy atom. The average Bonchev–Trinajstić information content (AvgIpc) is 3.09. The van der Waals surface area contributed by atoms with Crippen molar-refractivity contribution in [3.05, 3.63) is 58.8 Å². The van der Waals surface area contributed by atoms with Gasteiger partial charge in [-0.3, -0.25) is 0 Å². The predicted octanol–water partition coefficient (Wildman–Crippen LogP) is 4.42. The van der Waals surface area contributed by atoms with Crippen molar-refractivity contribution in [2.45, 2.75) is 0 Å². The molecular formula is C15H8BrFN4S. The summed E-state index contributed by atoms with van der Waals surface area (Å²) >= 11 is 4.81. The van der Waals surface area contributed by atoms with Crippen molar-refractivity contribution in [3.63, 3.8) is 0 Å². The molecule has 2 aromatic carbocycles. The van der Waals surface area contributed by atoms with Gasteiger partial charge < -0.3 is 0 Å². The maximum atomic E-state index is 13.9. The molecule has 4 nitrogen and oxygen atoms in total. The van der Waals surface area contributed by atoms with Crippen LogP contribution in [0.25, 0.3) is 26.9 Å². The first-order chi connectivity index (χ1) is 10.7. The summed E-state index contributed by atoms with van der Waals surface area (Å²) in [4.78, 5) is 0.629. The number of hydrogen-bond donors (Lipinski definition) is 0. The molecule has 2 heterocycles. The number of nitrogens with zero attached hydrogens (tertiary/aromatic N) is 4. The lowest BCUT2D eigenvalue weighted by Crippen LogP contribution is -1.92. The largest absolute Gasteiger partial charge is 0.235 e. The van der Waals surface area contributed by atoms with Gasteiger partial charge in [0.25, 0.3) is 0 Å². The third-order valence-corrected chi connectivity index (χ3v) is 4.83. The summed E-state index contributed by atoms with van der Waals surface area (Å²) in [5.41, 5.74) is 1.36. The smallest absolute Gasteiger partial charge is 0.206 e. The topological polar surface area (TPSA) is 43.1 Å². The SMILES string of the molecule is Fc1ccccc1-c1nn2c(-c3ccccc3Br)nnc2s1. The minimum Gasteiger partial charge on any atom is -0.206 e. The molecule has 0 aliphatic carbocycles. The van der Waals surface area contributed by atoms with Crippen LogP contribution in [0, 0.1) is 5.82 Å². The molecule has 4 rings (SSSR count). The quantitative estimate of drug-likeness (QED) is 0.521. The van der Waals surface area contributed by atoms with Crippen LogP contribution in [0.15, 0.2) is 53.0 Å². The van der Waals surface area contributed by atoms with Gasteiger partial charge in [-0.1, -0.05) is 51.5 Å². The molecule has 108 valence electrons. The van der Waals surface area contributed by atoms with Gasteiger partial charge in [-0.05, 0) is 24.3 Å². The van der Waals surface area contributed by atoms with E-state index in [-0.39, 0.29) is 5.82 Å². The molecule has 2 aromatic heterocycles. The van der Waals surface area contributed by atoms with Crippen LogP contribution in [0.5, 0.6) is 0 Å². The molecule has 0 fully saturated rings. The maximum absolute atomic E-state index is 13.9. The Kier molecular flexibility index (Phi) is 3.24. The van der Waals surface area contributed by atoms with Crippen LogP contribution in [0.3, 0.4) is 0 Å². The Morgan fingerprint density at radius 3 is 2.45 bits per heavy atom. The van der Waals surface area contributed by atoms with E-state index in [1.54, 1.807) is 22.7 Å². The first kappa shape index (κ1) is 13.5. The van der Waals surface area contributed by atoms with Crippen LogP contribution in [0.1, 0.15) is 0 Å². The zero-order valence-electron chi connectivity index (χ0n) is 11.1. The van der Waals surface area contributed by atoms with E-state index in [1.165, 1.54) is 17.4 Å². The normalized spacial score (nSPS) is 11.2. The highest BCUT2D eigenvalue weighted by Crippen LogP contribution is 2.31. The molecule has 0 spiro atoms. The Bertz CT molecular complexity index is 979. The van der Waals surface area contributed by atoms with E-state index >= 15 is 0 Å². The van der Waals surface area contributed by atoms with Gasteiger partial charge in [0.1, 0.15) is 5.82 Å². The van der Waals surface area contributed by atoms with E-state index in [0.717, 1.165) is 10.0 Å². The van der Waals surface area contributed by atoms with E-state index in [9.17, 15) is 4.39 Å². The van der Waals surface area contributed by atoms with Crippen LogP contribution in [-0.4, -0.2) is 19.8 Å². The molecule has 0 aliphatic heterocycles. The number of hydrogen-bond acceptors (Lipinski definition) is 4. The van der Waals surface area contributed by atoms with Crippen molar-refractivity contribution in [2.24, 2.45) is 0 Å². The van der Waals surface area contributed by atoms with E-state index < -0.39 is 0 Å². The molecule has 0 radical (unpaired) electrons. The Labute approximate surface area is 137 Å². The highest BCUT2D eigenvalue weighted by Gasteiger charge is 2.17. The molecule has 0 saturated carbocycles. The molecule has 0 unspecified atom stereocenters. The number of aromatic nitrogens is 4. The summed E-state index contributed by atoms with van der Waals surface area (Å²) < 4.78 is 16.5. The third kappa shape index (κ3) is 2.13. The molecule has 7 heteroatoms. The summed E-state index contributed by atoms with van der Waals surface area (Å²) in [5.74, 6) is 0.330. The molecule has 0 bridgehead atoms. The van der Waals surface area contributed by atoms with Crippen LogP contribution in [0.4, 0.5) is 4.39 Å². The lowest BCUT2D eigenvalue weighted by molar-refractivity contribution is 0.631. The molecule has 0 N–H and O–H groups in total. The Morgan fingerprint density at radius 2 is 1.68 bits per heavy atom. The van der Waals surface area contributed by atoms with Crippen LogP contribution < -0.4 is 0 Å². The van der Waals surface area contributed by atoms with Gasteiger partial charge in [-0.25, -0.2) is 4.39 Å². The molecule has 4 aromatic rings. The van der Waals surface area contributed by atoms with Crippen molar-refractivity contribution < 1.29 is 4.39 Å². The first-order valence-electron chi connectivity index (χ1n) is 6.46. The molecular weight excluding hydrogens is 367 g/mol. The average molecular weight is 375 g/mol. The van der Waals surface area contributed by atoms with Crippen molar-refractivity contribution in [1.82, 2.24) is 19.8 Å². The molecule has 0 aliphatic rings. The standard InChI is InChI=1S/C15H8BrFN4S/c16-11-7-3-1-5-9(11)13-18-19-15-21(13)20-14(22-15)10-6-2-4-8-12(10)17/h1-8H. The minimum absolute atomic E-state index is 0.296. The van der Waals surface area contributed by atoms with Gasteiger partial charge in [0.2, 0.25) is 4.96 Å². The summed E-state index contributed by atoms with van der Waals surface area (Å²) in [7, 11) is 0. The zero-order chi connectivity index (χ0) is 15.1. The number of rotatable bonds is 2. The van der Waals surface area contributed by atoms with Crippen LogP contribution >= 0.6 is 27.3 Å². The highest BCUT2D eigenvalue weighted by atomic mass is 79.9. The van der Waals surface area contributed by atoms with Crippen molar-refractivity contribution >= 4 is 32.2 Å². The maximum Gasteiger partial charge on any atom is 0.235 e. The van der Waals surface area contributed by atoms with E-state index in [0.29, 0.717) is 21.4 Å².